The van der Waals surface area contributed by atoms with Gasteiger partial charge in [-0.3, -0.25) is 14.3 Å². The largest absolute Gasteiger partial charge is 0.387 e. The fraction of sp³-hybridized carbons (Fsp3) is 0.345. The van der Waals surface area contributed by atoms with Crippen molar-refractivity contribution in [1.29, 1.82) is 0 Å². The van der Waals surface area contributed by atoms with Crippen LogP contribution in [0.1, 0.15) is 49.8 Å². The first-order valence-electron chi connectivity index (χ1n) is 13.5. The number of aryl methyl sites for hydroxylation is 1. The molecule has 10 nitrogen and oxygen atoms in total. The van der Waals surface area contributed by atoms with E-state index in [-0.39, 0.29) is 10.6 Å². The molecule has 2 aromatic heterocycles. The molecular formula is C29H36N6O4S. The monoisotopic (exact) mass is 564 g/mol. The molecule has 1 atom stereocenters. The lowest BCUT2D eigenvalue weighted by Crippen LogP contribution is -2.24. The van der Waals surface area contributed by atoms with Crippen LogP contribution in [0.3, 0.4) is 0 Å². The molecule has 0 aliphatic rings. The quantitative estimate of drug-likeness (QED) is 0.188. The first-order valence-corrected chi connectivity index (χ1v) is 15.0. The van der Waals surface area contributed by atoms with Gasteiger partial charge in [-0.1, -0.05) is 44.4 Å². The summed E-state index contributed by atoms with van der Waals surface area (Å²) in [5, 5.41) is 17.6. The molecule has 0 saturated heterocycles. The van der Waals surface area contributed by atoms with E-state index in [9.17, 15) is 18.3 Å². The van der Waals surface area contributed by atoms with E-state index in [0.717, 1.165) is 43.2 Å². The molecule has 3 N–H and O–H groups in total. The van der Waals surface area contributed by atoms with Gasteiger partial charge in [-0.15, -0.1) is 0 Å². The number of aliphatic hydroxyl groups is 1. The van der Waals surface area contributed by atoms with Gasteiger partial charge < -0.3 is 10.4 Å². The van der Waals surface area contributed by atoms with Crippen LogP contribution in [0.15, 0.2) is 89.1 Å². The van der Waals surface area contributed by atoms with Crippen molar-refractivity contribution in [1.82, 2.24) is 24.6 Å². The topological polar surface area (TPSA) is 131 Å². The summed E-state index contributed by atoms with van der Waals surface area (Å²) in [6.07, 6.45) is 9.17. The van der Waals surface area contributed by atoms with Crippen molar-refractivity contribution in [2.24, 2.45) is 0 Å². The smallest absolute Gasteiger partial charge is 0.350 e. The Kier molecular flexibility index (Phi) is 10.2. The first kappa shape index (κ1) is 29.2. The predicted molar refractivity (Wildman–Crippen MR) is 155 cm³/mol. The average molecular weight is 565 g/mol. The summed E-state index contributed by atoms with van der Waals surface area (Å²) >= 11 is 0. The third-order valence-electron chi connectivity index (χ3n) is 6.58. The summed E-state index contributed by atoms with van der Waals surface area (Å²) in [6.45, 7) is 3.83. The second-order valence-corrected chi connectivity index (χ2v) is 11.3. The van der Waals surface area contributed by atoms with Crippen LogP contribution in [0, 0.1) is 0 Å². The molecule has 0 aliphatic carbocycles. The maximum Gasteiger partial charge on any atom is 0.350 e. The van der Waals surface area contributed by atoms with Crippen molar-refractivity contribution in [2.45, 2.75) is 56.6 Å². The summed E-state index contributed by atoms with van der Waals surface area (Å²) in [6, 6.07) is 16.9. The van der Waals surface area contributed by atoms with Crippen molar-refractivity contribution < 1.29 is 13.5 Å². The van der Waals surface area contributed by atoms with Crippen LogP contribution in [0.5, 0.6) is 0 Å². The van der Waals surface area contributed by atoms with E-state index in [1.165, 1.54) is 23.1 Å². The summed E-state index contributed by atoms with van der Waals surface area (Å²) in [4.78, 5) is 16.8. The molecule has 0 fully saturated rings. The van der Waals surface area contributed by atoms with Gasteiger partial charge in [-0.05, 0) is 67.4 Å². The van der Waals surface area contributed by atoms with E-state index in [4.69, 9.17) is 0 Å². The molecule has 1 unspecified atom stereocenters. The van der Waals surface area contributed by atoms with E-state index in [0.29, 0.717) is 31.0 Å². The minimum absolute atomic E-state index is 0.0868. The fourth-order valence-electron chi connectivity index (χ4n) is 4.26. The highest BCUT2D eigenvalue weighted by molar-refractivity contribution is 7.92. The number of nitrogens with zero attached hydrogens (tertiary/aromatic N) is 4. The number of unbranched alkanes of at least 4 members (excludes halogenated alkanes) is 3. The Morgan fingerprint density at radius 1 is 1.00 bits per heavy atom. The van der Waals surface area contributed by atoms with E-state index in [1.807, 2.05) is 18.2 Å². The lowest BCUT2D eigenvalue weighted by molar-refractivity contribution is 0.174. The molecule has 212 valence electrons. The molecule has 0 radical (unpaired) electrons. The number of aromatic nitrogens is 4. The highest BCUT2D eigenvalue weighted by Crippen LogP contribution is 2.18. The molecule has 0 bridgehead atoms. The maximum absolute atomic E-state index is 12.9. The number of benzene rings is 2. The number of aliphatic hydroxyl groups excluding tert-OH is 1. The molecule has 40 heavy (non-hydrogen) atoms. The Bertz CT molecular complexity index is 1500. The van der Waals surface area contributed by atoms with Crippen molar-refractivity contribution in [2.75, 3.05) is 17.8 Å². The number of hydrogen-bond acceptors (Lipinski definition) is 7. The average Bonchev–Trinajstić information content (AvgIpc) is 3.34. The number of pyridine rings is 1. The summed E-state index contributed by atoms with van der Waals surface area (Å²) in [5.74, 6) is 0. The SMILES string of the molecule is CCCCCCn1cnn(-c2ccc(S(=O)(=O)Nc3ccc(CCNCC(O)c4cccnc4)cc3)cc2)c1=O. The molecule has 4 aromatic rings. The third-order valence-corrected chi connectivity index (χ3v) is 7.98. The van der Waals surface area contributed by atoms with Crippen molar-refractivity contribution in [3.05, 3.63) is 101 Å². The number of anilines is 1. The van der Waals surface area contributed by atoms with Crippen LogP contribution >= 0.6 is 0 Å². The standard InChI is InChI=1S/C29H36N6O4S/c1-2-3-4-5-19-34-22-32-35(29(34)37)26-12-14-27(15-13-26)40(38,39)33-25-10-8-23(9-11-25)16-18-31-21-28(36)24-7-6-17-30-20-24/h6-15,17,20,22,28,31,33,36H,2-5,16,18-19,21H2,1H3. The second-order valence-electron chi connectivity index (χ2n) is 9.63. The Hall–Kier alpha value is -3.80. The molecule has 0 amide bonds. The zero-order valence-electron chi connectivity index (χ0n) is 22.6. The molecule has 2 aromatic carbocycles. The van der Waals surface area contributed by atoms with E-state index in [2.05, 4.69) is 27.0 Å². The van der Waals surface area contributed by atoms with Gasteiger partial charge in [-0.2, -0.15) is 9.78 Å². The lowest BCUT2D eigenvalue weighted by Gasteiger charge is -2.12. The maximum atomic E-state index is 12.9. The van der Waals surface area contributed by atoms with Crippen LogP contribution in [0.25, 0.3) is 5.69 Å². The molecule has 0 aliphatic heterocycles. The third kappa shape index (κ3) is 7.87. The van der Waals surface area contributed by atoms with Crippen molar-refractivity contribution in [3.63, 3.8) is 0 Å². The van der Waals surface area contributed by atoms with Crippen LogP contribution in [0.2, 0.25) is 0 Å². The van der Waals surface area contributed by atoms with Crippen LogP contribution in [0.4, 0.5) is 5.69 Å². The highest BCUT2D eigenvalue weighted by Gasteiger charge is 2.15. The van der Waals surface area contributed by atoms with E-state index < -0.39 is 16.1 Å². The van der Waals surface area contributed by atoms with Crippen LogP contribution in [-0.2, 0) is 23.0 Å². The highest BCUT2D eigenvalue weighted by atomic mass is 32.2. The van der Waals surface area contributed by atoms with Gasteiger partial charge in [0.2, 0.25) is 0 Å². The molecule has 0 spiro atoms. The first-order chi connectivity index (χ1) is 19.4. The van der Waals surface area contributed by atoms with Gasteiger partial charge in [0.15, 0.2) is 0 Å². The molecule has 4 rings (SSSR count). The van der Waals surface area contributed by atoms with Crippen LogP contribution < -0.4 is 15.7 Å². The zero-order valence-corrected chi connectivity index (χ0v) is 23.4. The van der Waals surface area contributed by atoms with Crippen molar-refractivity contribution in [3.8, 4) is 5.69 Å². The normalized spacial score (nSPS) is 12.3. The molecule has 2 heterocycles. The number of sulfonamides is 1. The molecule has 11 heteroatoms. The van der Waals surface area contributed by atoms with Crippen LogP contribution in [-0.4, -0.2) is 45.9 Å². The second kappa shape index (κ2) is 14.0. The van der Waals surface area contributed by atoms with Gasteiger partial charge in [0.25, 0.3) is 10.0 Å². The van der Waals surface area contributed by atoms with E-state index >= 15 is 0 Å². The number of nitrogens with one attached hydrogen (secondary N) is 2. The summed E-state index contributed by atoms with van der Waals surface area (Å²) < 4.78 is 31.3. The minimum atomic E-state index is -3.81. The summed E-state index contributed by atoms with van der Waals surface area (Å²) in [7, 11) is -3.81. The summed E-state index contributed by atoms with van der Waals surface area (Å²) in [5.41, 5.74) is 2.50. The fourth-order valence-corrected chi connectivity index (χ4v) is 5.31. The molecular weight excluding hydrogens is 528 g/mol. The minimum Gasteiger partial charge on any atom is -0.387 e. The Morgan fingerprint density at radius 2 is 1.77 bits per heavy atom. The van der Waals surface area contributed by atoms with Gasteiger partial charge in [-0.25, -0.2) is 13.2 Å². The number of hydrogen-bond donors (Lipinski definition) is 3. The molecule has 0 saturated carbocycles. The van der Waals surface area contributed by atoms with E-state index in [1.54, 1.807) is 47.3 Å². The van der Waals surface area contributed by atoms with Gasteiger partial charge in [0.1, 0.15) is 6.33 Å². The Morgan fingerprint density at radius 3 is 2.48 bits per heavy atom. The van der Waals surface area contributed by atoms with Gasteiger partial charge in [0, 0.05) is 36.7 Å². The Labute approximate surface area is 234 Å². The predicted octanol–water partition coefficient (Wildman–Crippen LogP) is 3.68. The number of rotatable bonds is 15. The lowest BCUT2D eigenvalue weighted by atomic mass is 10.1. The van der Waals surface area contributed by atoms with Gasteiger partial charge >= 0.3 is 5.69 Å². The van der Waals surface area contributed by atoms with Crippen molar-refractivity contribution >= 4 is 15.7 Å². The van der Waals surface area contributed by atoms with Gasteiger partial charge in [0.05, 0.1) is 16.7 Å². The zero-order chi connectivity index (χ0) is 28.4. The Balaban J connectivity index is 1.29.